The lowest BCUT2D eigenvalue weighted by Crippen LogP contribution is -2.37. The molecule has 0 aliphatic heterocycles. The molecule has 0 spiro atoms. The lowest BCUT2D eigenvalue weighted by molar-refractivity contribution is 0.102. The first-order chi connectivity index (χ1) is 12.3. The molecule has 0 bridgehead atoms. The highest BCUT2D eigenvalue weighted by atomic mass is 16.3. The summed E-state index contributed by atoms with van der Waals surface area (Å²) in [5.41, 5.74) is 2.03. The highest BCUT2D eigenvalue weighted by Gasteiger charge is 2.36. The second-order valence-electron chi connectivity index (χ2n) is 6.84. The number of rotatable bonds is 6. The van der Waals surface area contributed by atoms with Gasteiger partial charge in [-0.15, -0.1) is 0 Å². The Labute approximate surface area is 147 Å². The highest BCUT2D eigenvalue weighted by molar-refractivity contribution is 5.90. The van der Waals surface area contributed by atoms with Gasteiger partial charge in [0.25, 0.3) is 0 Å². The molecule has 1 aliphatic rings. The van der Waals surface area contributed by atoms with E-state index < -0.39 is 0 Å². The average molecular weight is 334 g/mol. The van der Waals surface area contributed by atoms with Crippen molar-refractivity contribution < 1.29 is 5.11 Å². The van der Waals surface area contributed by atoms with E-state index in [0.717, 1.165) is 35.2 Å². The maximum Gasteiger partial charge on any atom is 0.163 e. The summed E-state index contributed by atoms with van der Waals surface area (Å²) < 4.78 is 0. The minimum absolute atomic E-state index is 0.204. The Balaban J connectivity index is 1.69. The molecule has 2 heterocycles. The van der Waals surface area contributed by atoms with Crippen LogP contribution in [0, 0.1) is 5.41 Å². The molecular formula is C20H22N4O. The van der Waals surface area contributed by atoms with Crippen LogP contribution in [0.3, 0.4) is 0 Å². The van der Waals surface area contributed by atoms with Gasteiger partial charge in [0.1, 0.15) is 5.82 Å². The van der Waals surface area contributed by atoms with Gasteiger partial charge in [0.05, 0.1) is 5.52 Å². The second kappa shape index (κ2) is 6.76. The van der Waals surface area contributed by atoms with Gasteiger partial charge in [-0.25, -0.2) is 9.97 Å². The van der Waals surface area contributed by atoms with Gasteiger partial charge in [-0.3, -0.25) is 4.98 Å². The second-order valence-corrected chi connectivity index (χ2v) is 6.84. The number of benzene rings is 1. The predicted octanol–water partition coefficient (Wildman–Crippen LogP) is 3.66. The molecule has 1 aromatic carbocycles. The molecule has 5 heteroatoms. The average Bonchev–Trinajstić information content (AvgIpc) is 2.64. The fourth-order valence-electron chi connectivity index (χ4n) is 3.54. The number of fused-ring (bicyclic) bond motifs is 1. The number of aliphatic hydroxyl groups is 1. The molecule has 1 aliphatic carbocycles. The van der Waals surface area contributed by atoms with Crippen molar-refractivity contribution in [3.05, 3.63) is 48.8 Å². The zero-order valence-electron chi connectivity index (χ0n) is 14.2. The summed E-state index contributed by atoms with van der Waals surface area (Å²) >= 11 is 0. The van der Waals surface area contributed by atoms with Crippen LogP contribution in [-0.4, -0.2) is 33.2 Å². The van der Waals surface area contributed by atoms with Gasteiger partial charge in [0, 0.05) is 36.5 Å². The quantitative estimate of drug-likeness (QED) is 0.720. The van der Waals surface area contributed by atoms with E-state index in [1.54, 1.807) is 12.4 Å². The zero-order chi connectivity index (χ0) is 17.1. The Kier molecular flexibility index (Phi) is 4.32. The van der Waals surface area contributed by atoms with Crippen molar-refractivity contribution in [2.24, 2.45) is 5.41 Å². The molecule has 3 aromatic rings. The number of aromatic nitrogens is 3. The smallest absolute Gasteiger partial charge is 0.163 e. The Bertz CT molecular complexity index is 862. The van der Waals surface area contributed by atoms with Crippen LogP contribution < -0.4 is 5.32 Å². The number of hydrogen-bond acceptors (Lipinski definition) is 5. The standard InChI is InChI=1S/C20H22N4O/c25-12-10-20(8-4-9-20)14-22-19-16-6-1-2-7-17(16)23-18(24-19)15-5-3-11-21-13-15/h1-3,5-7,11,13,25H,4,8-10,12,14H2,(H,22,23,24). The molecule has 0 radical (unpaired) electrons. The van der Waals surface area contributed by atoms with Crippen molar-refractivity contribution in [3.8, 4) is 11.4 Å². The van der Waals surface area contributed by atoms with Gasteiger partial charge < -0.3 is 10.4 Å². The van der Waals surface area contributed by atoms with Crippen LogP contribution in [0.25, 0.3) is 22.3 Å². The van der Waals surface area contributed by atoms with Crippen LogP contribution >= 0.6 is 0 Å². The van der Waals surface area contributed by atoms with E-state index in [-0.39, 0.29) is 12.0 Å². The summed E-state index contributed by atoms with van der Waals surface area (Å²) in [4.78, 5) is 13.6. The maximum atomic E-state index is 9.37. The SMILES string of the molecule is OCCC1(CNc2nc(-c3cccnc3)nc3ccccc23)CCC1. The maximum absolute atomic E-state index is 9.37. The molecule has 25 heavy (non-hydrogen) atoms. The number of anilines is 1. The lowest BCUT2D eigenvalue weighted by atomic mass is 9.67. The Morgan fingerprint density at radius 3 is 2.68 bits per heavy atom. The van der Waals surface area contributed by atoms with Gasteiger partial charge in [0.2, 0.25) is 0 Å². The van der Waals surface area contributed by atoms with Crippen molar-refractivity contribution in [3.63, 3.8) is 0 Å². The van der Waals surface area contributed by atoms with E-state index in [1.807, 2.05) is 36.4 Å². The van der Waals surface area contributed by atoms with E-state index in [9.17, 15) is 5.11 Å². The first kappa shape index (κ1) is 16.0. The summed E-state index contributed by atoms with van der Waals surface area (Å²) in [6.45, 7) is 1.08. The Morgan fingerprint density at radius 1 is 1.08 bits per heavy atom. The number of nitrogens with zero attached hydrogens (tertiary/aromatic N) is 3. The molecule has 0 unspecified atom stereocenters. The predicted molar refractivity (Wildman–Crippen MR) is 99.2 cm³/mol. The van der Waals surface area contributed by atoms with Crippen molar-refractivity contribution in [1.82, 2.24) is 15.0 Å². The van der Waals surface area contributed by atoms with E-state index in [0.29, 0.717) is 5.82 Å². The van der Waals surface area contributed by atoms with Crippen LogP contribution in [0.5, 0.6) is 0 Å². The van der Waals surface area contributed by atoms with Crippen LogP contribution in [0.4, 0.5) is 5.82 Å². The van der Waals surface area contributed by atoms with Gasteiger partial charge in [-0.05, 0) is 48.9 Å². The van der Waals surface area contributed by atoms with E-state index in [2.05, 4.69) is 15.3 Å². The number of aliphatic hydroxyl groups excluding tert-OH is 1. The monoisotopic (exact) mass is 334 g/mol. The largest absolute Gasteiger partial charge is 0.396 e. The third-order valence-corrected chi connectivity index (χ3v) is 5.21. The molecule has 1 fully saturated rings. The number of hydrogen-bond donors (Lipinski definition) is 2. The van der Waals surface area contributed by atoms with Crippen LogP contribution in [0.15, 0.2) is 48.8 Å². The highest BCUT2D eigenvalue weighted by Crippen LogP contribution is 2.44. The van der Waals surface area contributed by atoms with Crippen LogP contribution in [-0.2, 0) is 0 Å². The molecule has 0 atom stereocenters. The number of para-hydroxylation sites is 1. The first-order valence-electron chi connectivity index (χ1n) is 8.82. The molecule has 1 saturated carbocycles. The Hall–Kier alpha value is -2.53. The van der Waals surface area contributed by atoms with Crippen molar-refractivity contribution >= 4 is 16.7 Å². The third kappa shape index (κ3) is 3.20. The molecule has 0 saturated heterocycles. The normalized spacial score (nSPS) is 15.7. The van der Waals surface area contributed by atoms with Crippen molar-refractivity contribution in [2.45, 2.75) is 25.7 Å². The summed E-state index contributed by atoms with van der Waals surface area (Å²) in [6.07, 6.45) is 7.95. The molecule has 2 N–H and O–H groups in total. The van der Waals surface area contributed by atoms with Gasteiger partial charge >= 0.3 is 0 Å². The molecule has 5 nitrogen and oxygen atoms in total. The molecular weight excluding hydrogens is 312 g/mol. The first-order valence-corrected chi connectivity index (χ1v) is 8.82. The van der Waals surface area contributed by atoms with E-state index in [4.69, 9.17) is 4.98 Å². The summed E-state index contributed by atoms with van der Waals surface area (Å²) in [6, 6.07) is 11.9. The minimum Gasteiger partial charge on any atom is -0.396 e. The Morgan fingerprint density at radius 2 is 1.96 bits per heavy atom. The molecule has 2 aromatic heterocycles. The minimum atomic E-state index is 0.204. The summed E-state index contributed by atoms with van der Waals surface area (Å²) in [5.74, 6) is 1.53. The van der Waals surface area contributed by atoms with E-state index >= 15 is 0 Å². The topological polar surface area (TPSA) is 70.9 Å². The van der Waals surface area contributed by atoms with Crippen molar-refractivity contribution in [2.75, 3.05) is 18.5 Å². The third-order valence-electron chi connectivity index (χ3n) is 5.21. The molecule has 128 valence electrons. The fourth-order valence-corrected chi connectivity index (χ4v) is 3.54. The lowest BCUT2D eigenvalue weighted by Gasteiger charge is -2.42. The number of pyridine rings is 1. The molecule has 4 rings (SSSR count). The molecule has 0 amide bonds. The van der Waals surface area contributed by atoms with Gasteiger partial charge in [0.15, 0.2) is 5.82 Å². The van der Waals surface area contributed by atoms with Crippen LogP contribution in [0.2, 0.25) is 0 Å². The zero-order valence-corrected chi connectivity index (χ0v) is 14.2. The van der Waals surface area contributed by atoms with Gasteiger partial charge in [-0.1, -0.05) is 18.6 Å². The number of nitrogens with one attached hydrogen (secondary N) is 1. The van der Waals surface area contributed by atoms with Crippen molar-refractivity contribution in [1.29, 1.82) is 0 Å². The fraction of sp³-hybridized carbons (Fsp3) is 0.350. The summed E-state index contributed by atoms with van der Waals surface area (Å²) in [7, 11) is 0. The van der Waals surface area contributed by atoms with Crippen LogP contribution in [0.1, 0.15) is 25.7 Å². The summed E-state index contributed by atoms with van der Waals surface area (Å²) in [5, 5.41) is 13.9. The van der Waals surface area contributed by atoms with Gasteiger partial charge in [-0.2, -0.15) is 0 Å². The van der Waals surface area contributed by atoms with E-state index in [1.165, 1.54) is 19.3 Å².